The molecule has 0 aromatic rings. The highest BCUT2D eigenvalue weighted by Gasteiger charge is 2.36. The number of hydrogen-bond acceptors (Lipinski definition) is 3. The van der Waals surface area contributed by atoms with Gasteiger partial charge in [-0.3, -0.25) is 4.79 Å². The number of carbonyl (C=O) groups is 1. The van der Waals surface area contributed by atoms with Crippen molar-refractivity contribution in [2.45, 2.75) is 39.7 Å². The second kappa shape index (κ2) is 5.83. The molecule has 1 rings (SSSR count). The Morgan fingerprint density at radius 1 is 1.47 bits per heavy atom. The fourth-order valence-corrected chi connectivity index (χ4v) is 2.40. The molecule has 1 aliphatic heterocycles. The normalized spacial score (nSPS) is 26.4. The number of likely N-dealkylation sites (N-methyl/N-ethyl adjacent to an activating group) is 1. The minimum Gasteiger partial charge on any atom is -0.338 e. The molecule has 0 bridgehead atoms. The van der Waals surface area contributed by atoms with E-state index in [2.05, 4.69) is 18.9 Å². The molecule has 2 N–H and O–H groups in total. The van der Waals surface area contributed by atoms with Gasteiger partial charge in [-0.25, -0.2) is 0 Å². The fraction of sp³-hybridized carbons (Fsp3) is 0.923. The molecule has 0 spiro atoms. The van der Waals surface area contributed by atoms with E-state index in [9.17, 15) is 4.79 Å². The third-order valence-corrected chi connectivity index (χ3v) is 4.05. The lowest BCUT2D eigenvalue weighted by molar-refractivity contribution is -0.142. The van der Waals surface area contributed by atoms with E-state index < -0.39 is 5.41 Å². The zero-order chi connectivity index (χ0) is 13.1. The molecule has 2 unspecified atom stereocenters. The number of hydrogen-bond donors (Lipinski definition) is 1. The SMILES string of the molecule is CCC(C)(CN)C(=O)N1CCCN(C)CC1C. The van der Waals surface area contributed by atoms with Gasteiger partial charge in [0.25, 0.3) is 0 Å². The van der Waals surface area contributed by atoms with Crippen LogP contribution >= 0.6 is 0 Å². The summed E-state index contributed by atoms with van der Waals surface area (Å²) in [6, 6.07) is 0.285. The summed E-state index contributed by atoms with van der Waals surface area (Å²) in [5, 5.41) is 0. The van der Waals surface area contributed by atoms with Crippen LogP contribution in [0.15, 0.2) is 0 Å². The van der Waals surface area contributed by atoms with Gasteiger partial charge >= 0.3 is 0 Å². The van der Waals surface area contributed by atoms with Gasteiger partial charge in [0.1, 0.15) is 0 Å². The highest BCUT2D eigenvalue weighted by molar-refractivity contribution is 5.83. The number of carbonyl (C=O) groups excluding carboxylic acids is 1. The summed E-state index contributed by atoms with van der Waals surface area (Å²) in [6.07, 6.45) is 1.86. The molecule has 4 heteroatoms. The molecular formula is C13H27N3O. The Labute approximate surface area is 105 Å². The molecule has 2 atom stereocenters. The van der Waals surface area contributed by atoms with Gasteiger partial charge in [0.15, 0.2) is 0 Å². The lowest BCUT2D eigenvalue weighted by Gasteiger charge is -2.36. The summed E-state index contributed by atoms with van der Waals surface area (Å²) in [4.78, 5) is 16.9. The average Bonchev–Trinajstić information content (AvgIpc) is 2.48. The first-order valence-electron chi connectivity index (χ1n) is 6.64. The third kappa shape index (κ3) is 3.19. The van der Waals surface area contributed by atoms with E-state index in [1.807, 2.05) is 18.7 Å². The number of nitrogens with zero attached hydrogens (tertiary/aromatic N) is 2. The van der Waals surface area contributed by atoms with Crippen molar-refractivity contribution in [2.75, 3.05) is 33.2 Å². The minimum absolute atomic E-state index is 0.227. The molecule has 1 aliphatic rings. The van der Waals surface area contributed by atoms with Gasteiger partial charge in [0, 0.05) is 25.7 Å². The molecular weight excluding hydrogens is 214 g/mol. The van der Waals surface area contributed by atoms with Gasteiger partial charge in [-0.05, 0) is 40.3 Å². The van der Waals surface area contributed by atoms with Crippen LogP contribution in [0.5, 0.6) is 0 Å². The predicted octanol–water partition coefficient (Wildman–Crippen LogP) is 0.914. The molecule has 0 aromatic carbocycles. The Morgan fingerprint density at radius 2 is 2.12 bits per heavy atom. The highest BCUT2D eigenvalue weighted by atomic mass is 16.2. The maximum absolute atomic E-state index is 12.6. The molecule has 0 aliphatic carbocycles. The van der Waals surface area contributed by atoms with Crippen molar-refractivity contribution in [3.05, 3.63) is 0 Å². The van der Waals surface area contributed by atoms with Gasteiger partial charge in [-0.1, -0.05) is 6.92 Å². The second-order valence-electron chi connectivity index (χ2n) is 5.58. The van der Waals surface area contributed by atoms with E-state index >= 15 is 0 Å². The number of rotatable bonds is 3. The van der Waals surface area contributed by atoms with E-state index in [1.165, 1.54) is 0 Å². The standard InChI is InChI=1S/C13H27N3O/c1-5-13(3,10-14)12(17)16-8-6-7-15(4)9-11(16)2/h11H,5-10,14H2,1-4H3. The molecule has 1 fully saturated rings. The Hall–Kier alpha value is -0.610. The van der Waals surface area contributed by atoms with Crippen LogP contribution in [-0.4, -0.2) is 55.0 Å². The lowest BCUT2D eigenvalue weighted by atomic mass is 9.85. The van der Waals surface area contributed by atoms with E-state index in [0.717, 1.165) is 32.5 Å². The zero-order valence-corrected chi connectivity index (χ0v) is 11.7. The number of nitrogens with two attached hydrogens (primary N) is 1. The average molecular weight is 241 g/mol. The molecule has 1 saturated heterocycles. The predicted molar refractivity (Wildman–Crippen MR) is 70.7 cm³/mol. The van der Waals surface area contributed by atoms with Crippen LogP contribution < -0.4 is 5.73 Å². The van der Waals surface area contributed by atoms with Crippen molar-refractivity contribution in [3.63, 3.8) is 0 Å². The molecule has 0 radical (unpaired) electrons. The van der Waals surface area contributed by atoms with Gasteiger partial charge in [0.2, 0.25) is 5.91 Å². The molecule has 1 heterocycles. The Morgan fingerprint density at radius 3 is 2.65 bits per heavy atom. The smallest absolute Gasteiger partial charge is 0.230 e. The van der Waals surface area contributed by atoms with Crippen LogP contribution in [0.1, 0.15) is 33.6 Å². The van der Waals surface area contributed by atoms with E-state index in [1.54, 1.807) is 0 Å². The zero-order valence-electron chi connectivity index (χ0n) is 11.7. The van der Waals surface area contributed by atoms with Crippen molar-refractivity contribution < 1.29 is 4.79 Å². The van der Waals surface area contributed by atoms with Gasteiger partial charge in [0.05, 0.1) is 5.41 Å². The molecule has 100 valence electrons. The summed E-state index contributed by atoms with van der Waals surface area (Å²) >= 11 is 0. The van der Waals surface area contributed by atoms with Gasteiger partial charge < -0.3 is 15.5 Å². The summed E-state index contributed by atoms with van der Waals surface area (Å²) in [5.41, 5.74) is 5.39. The first-order chi connectivity index (χ1) is 7.94. The van der Waals surface area contributed by atoms with Crippen LogP contribution in [0, 0.1) is 5.41 Å². The Balaban J connectivity index is 2.80. The molecule has 0 aromatic heterocycles. The van der Waals surface area contributed by atoms with Crippen molar-refractivity contribution in [1.29, 1.82) is 0 Å². The third-order valence-electron chi connectivity index (χ3n) is 4.05. The first-order valence-corrected chi connectivity index (χ1v) is 6.64. The van der Waals surface area contributed by atoms with E-state index in [-0.39, 0.29) is 11.9 Å². The van der Waals surface area contributed by atoms with Crippen molar-refractivity contribution >= 4 is 5.91 Å². The van der Waals surface area contributed by atoms with E-state index in [0.29, 0.717) is 6.54 Å². The molecule has 17 heavy (non-hydrogen) atoms. The molecule has 0 saturated carbocycles. The largest absolute Gasteiger partial charge is 0.338 e. The van der Waals surface area contributed by atoms with Crippen molar-refractivity contribution in [2.24, 2.45) is 11.1 Å². The number of amides is 1. The maximum atomic E-state index is 12.6. The molecule has 4 nitrogen and oxygen atoms in total. The highest BCUT2D eigenvalue weighted by Crippen LogP contribution is 2.25. The second-order valence-corrected chi connectivity index (χ2v) is 5.58. The van der Waals surface area contributed by atoms with Crippen molar-refractivity contribution in [3.8, 4) is 0 Å². The summed E-state index contributed by atoms with van der Waals surface area (Å²) in [6.45, 7) is 9.47. The summed E-state index contributed by atoms with van der Waals surface area (Å²) in [5.74, 6) is 0.227. The lowest BCUT2D eigenvalue weighted by Crippen LogP contribution is -2.50. The maximum Gasteiger partial charge on any atom is 0.230 e. The summed E-state index contributed by atoms with van der Waals surface area (Å²) in [7, 11) is 2.12. The monoisotopic (exact) mass is 241 g/mol. The van der Waals surface area contributed by atoms with Gasteiger partial charge in [-0.2, -0.15) is 0 Å². The van der Waals surface area contributed by atoms with Crippen LogP contribution in [0.25, 0.3) is 0 Å². The van der Waals surface area contributed by atoms with Crippen LogP contribution in [0.4, 0.5) is 0 Å². The Bertz CT molecular complexity index is 263. The fourth-order valence-electron chi connectivity index (χ4n) is 2.40. The van der Waals surface area contributed by atoms with Crippen molar-refractivity contribution in [1.82, 2.24) is 9.80 Å². The topological polar surface area (TPSA) is 49.6 Å². The van der Waals surface area contributed by atoms with Crippen LogP contribution in [-0.2, 0) is 4.79 Å². The minimum atomic E-state index is -0.392. The Kier molecular flexibility index (Phi) is 4.95. The van der Waals surface area contributed by atoms with Gasteiger partial charge in [-0.15, -0.1) is 0 Å². The first kappa shape index (κ1) is 14.5. The summed E-state index contributed by atoms with van der Waals surface area (Å²) < 4.78 is 0. The molecule has 1 amide bonds. The quantitative estimate of drug-likeness (QED) is 0.799. The van der Waals surface area contributed by atoms with Crippen LogP contribution in [0.2, 0.25) is 0 Å². The van der Waals surface area contributed by atoms with E-state index in [4.69, 9.17) is 5.73 Å². The van der Waals surface area contributed by atoms with Crippen LogP contribution in [0.3, 0.4) is 0 Å².